The standard InChI is InChI=1S/C12H18FNO2S/c1-2-12(16,11-14-3-4-17-11)8-5-9(13)7-10(15)6-8/h3-4,8-10,15-16H,2,5-7H2,1H3. The fourth-order valence-electron chi connectivity index (χ4n) is 2.66. The van der Waals surface area contributed by atoms with Crippen molar-refractivity contribution in [3.05, 3.63) is 16.6 Å². The first-order chi connectivity index (χ1) is 8.06. The van der Waals surface area contributed by atoms with Crippen molar-refractivity contribution < 1.29 is 14.6 Å². The number of thiazole rings is 1. The van der Waals surface area contributed by atoms with E-state index in [2.05, 4.69) is 4.98 Å². The van der Waals surface area contributed by atoms with Crippen LogP contribution in [0, 0.1) is 5.92 Å². The molecule has 96 valence electrons. The molecule has 2 rings (SSSR count). The lowest BCUT2D eigenvalue weighted by molar-refractivity contribution is -0.0786. The lowest BCUT2D eigenvalue weighted by Gasteiger charge is -2.39. The van der Waals surface area contributed by atoms with Crippen LogP contribution in [-0.2, 0) is 5.60 Å². The summed E-state index contributed by atoms with van der Waals surface area (Å²) in [5.74, 6) is -0.252. The first-order valence-electron chi connectivity index (χ1n) is 6.00. The zero-order valence-electron chi connectivity index (χ0n) is 9.84. The first-order valence-corrected chi connectivity index (χ1v) is 6.88. The quantitative estimate of drug-likeness (QED) is 0.875. The Bertz CT molecular complexity index is 349. The Labute approximate surface area is 104 Å². The van der Waals surface area contributed by atoms with Gasteiger partial charge in [-0.1, -0.05) is 6.92 Å². The lowest BCUT2D eigenvalue weighted by Crippen LogP contribution is -2.41. The predicted octanol–water partition coefficient (Wildman–Crippen LogP) is 2.24. The van der Waals surface area contributed by atoms with Gasteiger partial charge in [0.25, 0.3) is 0 Å². The number of hydrogen-bond donors (Lipinski definition) is 2. The van der Waals surface area contributed by atoms with E-state index in [0.29, 0.717) is 24.3 Å². The van der Waals surface area contributed by atoms with Gasteiger partial charge in [0.2, 0.25) is 0 Å². The Kier molecular flexibility index (Phi) is 3.80. The number of hydrogen-bond acceptors (Lipinski definition) is 4. The van der Waals surface area contributed by atoms with Gasteiger partial charge >= 0.3 is 0 Å². The summed E-state index contributed by atoms with van der Waals surface area (Å²) in [4.78, 5) is 4.15. The van der Waals surface area contributed by atoms with E-state index in [0.717, 1.165) is 0 Å². The van der Waals surface area contributed by atoms with Crippen LogP contribution in [0.15, 0.2) is 11.6 Å². The third-order valence-corrected chi connectivity index (χ3v) is 4.58. The molecule has 0 bridgehead atoms. The molecule has 0 aromatic carbocycles. The number of alkyl halides is 1. The van der Waals surface area contributed by atoms with Crippen molar-refractivity contribution in [3.63, 3.8) is 0 Å². The van der Waals surface area contributed by atoms with Gasteiger partial charge in [0.05, 0.1) is 6.10 Å². The zero-order valence-corrected chi connectivity index (χ0v) is 10.7. The maximum Gasteiger partial charge on any atom is 0.125 e. The average molecular weight is 259 g/mol. The molecule has 1 aromatic heterocycles. The molecule has 1 saturated carbocycles. The summed E-state index contributed by atoms with van der Waals surface area (Å²) >= 11 is 1.39. The van der Waals surface area contributed by atoms with Gasteiger partial charge in [-0.2, -0.15) is 0 Å². The molecule has 1 aliphatic rings. The van der Waals surface area contributed by atoms with Crippen LogP contribution in [0.5, 0.6) is 0 Å². The lowest BCUT2D eigenvalue weighted by atomic mass is 9.74. The van der Waals surface area contributed by atoms with Crippen LogP contribution in [-0.4, -0.2) is 27.5 Å². The topological polar surface area (TPSA) is 53.4 Å². The molecule has 0 spiro atoms. The third kappa shape index (κ3) is 2.51. The largest absolute Gasteiger partial charge is 0.393 e. The van der Waals surface area contributed by atoms with E-state index in [4.69, 9.17) is 0 Å². The summed E-state index contributed by atoms with van der Waals surface area (Å²) in [7, 11) is 0. The highest BCUT2D eigenvalue weighted by atomic mass is 32.1. The number of aliphatic hydroxyl groups excluding tert-OH is 1. The maximum absolute atomic E-state index is 13.5. The van der Waals surface area contributed by atoms with Crippen LogP contribution in [0.25, 0.3) is 0 Å². The highest BCUT2D eigenvalue weighted by Gasteiger charge is 2.43. The second kappa shape index (κ2) is 5.00. The summed E-state index contributed by atoms with van der Waals surface area (Å²) in [6, 6.07) is 0. The van der Waals surface area contributed by atoms with E-state index in [-0.39, 0.29) is 12.3 Å². The van der Waals surface area contributed by atoms with Crippen LogP contribution < -0.4 is 0 Å². The highest BCUT2D eigenvalue weighted by molar-refractivity contribution is 7.09. The van der Waals surface area contributed by atoms with Gasteiger partial charge < -0.3 is 10.2 Å². The highest BCUT2D eigenvalue weighted by Crippen LogP contribution is 2.42. The van der Waals surface area contributed by atoms with Gasteiger partial charge in [-0.05, 0) is 25.2 Å². The molecule has 4 atom stereocenters. The molecule has 0 amide bonds. The minimum atomic E-state index is -1.10. The molecule has 0 radical (unpaired) electrons. The van der Waals surface area contributed by atoms with E-state index in [1.165, 1.54) is 11.3 Å². The number of aliphatic hydroxyl groups is 2. The van der Waals surface area contributed by atoms with E-state index in [1.54, 1.807) is 6.20 Å². The van der Waals surface area contributed by atoms with E-state index < -0.39 is 17.9 Å². The van der Waals surface area contributed by atoms with E-state index in [9.17, 15) is 14.6 Å². The predicted molar refractivity (Wildman–Crippen MR) is 64.5 cm³/mol. The normalized spacial score (nSPS) is 33.3. The molecule has 5 heteroatoms. The van der Waals surface area contributed by atoms with Crippen molar-refractivity contribution in [3.8, 4) is 0 Å². The smallest absolute Gasteiger partial charge is 0.125 e. The van der Waals surface area contributed by atoms with Gasteiger partial charge in [0.1, 0.15) is 16.8 Å². The maximum atomic E-state index is 13.5. The second-order valence-corrected chi connectivity index (χ2v) is 5.66. The van der Waals surface area contributed by atoms with Crippen molar-refractivity contribution in [2.24, 2.45) is 5.92 Å². The van der Waals surface area contributed by atoms with Gasteiger partial charge in [0, 0.05) is 18.0 Å². The van der Waals surface area contributed by atoms with E-state index >= 15 is 0 Å². The molecule has 1 heterocycles. The van der Waals surface area contributed by atoms with Crippen LogP contribution >= 0.6 is 11.3 Å². The molecule has 0 aliphatic heterocycles. The molecule has 1 fully saturated rings. The number of rotatable bonds is 3. The second-order valence-electron chi connectivity index (χ2n) is 4.77. The van der Waals surface area contributed by atoms with E-state index in [1.807, 2.05) is 12.3 Å². The van der Waals surface area contributed by atoms with Crippen molar-refractivity contribution in [2.75, 3.05) is 0 Å². The molecule has 1 aliphatic carbocycles. The molecular formula is C12H18FNO2S. The molecule has 1 aromatic rings. The Hall–Kier alpha value is -0.520. The Morgan fingerprint density at radius 1 is 1.53 bits per heavy atom. The minimum Gasteiger partial charge on any atom is -0.393 e. The fraction of sp³-hybridized carbons (Fsp3) is 0.750. The van der Waals surface area contributed by atoms with Crippen LogP contribution in [0.2, 0.25) is 0 Å². The molecule has 4 unspecified atom stereocenters. The Morgan fingerprint density at radius 2 is 2.29 bits per heavy atom. The molecule has 17 heavy (non-hydrogen) atoms. The number of halogens is 1. The number of nitrogens with zero attached hydrogens (tertiary/aromatic N) is 1. The molecule has 0 saturated heterocycles. The van der Waals surface area contributed by atoms with Crippen LogP contribution in [0.1, 0.15) is 37.6 Å². The third-order valence-electron chi connectivity index (χ3n) is 3.64. The SMILES string of the molecule is CCC(O)(c1nccs1)C1CC(O)CC(F)C1. The minimum absolute atomic E-state index is 0.189. The summed E-state index contributed by atoms with van der Waals surface area (Å²) in [6.07, 6.45) is 1.40. The Morgan fingerprint density at radius 3 is 2.82 bits per heavy atom. The van der Waals surface area contributed by atoms with Crippen LogP contribution in [0.3, 0.4) is 0 Å². The fourth-order valence-corrected chi connectivity index (χ4v) is 3.55. The van der Waals surface area contributed by atoms with Gasteiger partial charge in [-0.15, -0.1) is 11.3 Å². The molecule has 2 N–H and O–H groups in total. The van der Waals surface area contributed by atoms with Gasteiger partial charge in [0.15, 0.2) is 0 Å². The van der Waals surface area contributed by atoms with Crippen LogP contribution in [0.4, 0.5) is 4.39 Å². The van der Waals surface area contributed by atoms with Crippen molar-refractivity contribution >= 4 is 11.3 Å². The van der Waals surface area contributed by atoms with Crippen molar-refractivity contribution in [2.45, 2.75) is 50.5 Å². The summed E-state index contributed by atoms with van der Waals surface area (Å²) < 4.78 is 13.5. The summed E-state index contributed by atoms with van der Waals surface area (Å²) in [6.45, 7) is 1.87. The van der Waals surface area contributed by atoms with Gasteiger partial charge in [-0.3, -0.25) is 0 Å². The van der Waals surface area contributed by atoms with Crippen molar-refractivity contribution in [1.29, 1.82) is 0 Å². The Balaban J connectivity index is 2.23. The monoisotopic (exact) mass is 259 g/mol. The average Bonchev–Trinajstić information content (AvgIpc) is 2.80. The van der Waals surface area contributed by atoms with Crippen molar-refractivity contribution in [1.82, 2.24) is 4.98 Å². The first kappa shape index (κ1) is 12.9. The number of aromatic nitrogens is 1. The zero-order chi connectivity index (χ0) is 12.5. The summed E-state index contributed by atoms with van der Waals surface area (Å²) in [5, 5.41) is 22.8. The van der Waals surface area contributed by atoms with Gasteiger partial charge in [-0.25, -0.2) is 9.37 Å². The summed E-state index contributed by atoms with van der Waals surface area (Å²) in [5.41, 5.74) is -1.10. The molecular weight excluding hydrogens is 241 g/mol. The molecule has 3 nitrogen and oxygen atoms in total.